The van der Waals surface area contributed by atoms with E-state index in [-0.39, 0.29) is 11.5 Å². The standard InChI is InChI=1S/C10H15N5O2/c1-11-9-8(15(16)17)10(13-6-12-9)14(2)7-4-3-5-7/h6-7H,3-5H2,1-2H3,(H,11,12,13). The summed E-state index contributed by atoms with van der Waals surface area (Å²) in [5, 5.41) is 13.8. The average Bonchev–Trinajstić information content (AvgIpc) is 2.25. The van der Waals surface area contributed by atoms with E-state index < -0.39 is 4.92 Å². The van der Waals surface area contributed by atoms with E-state index in [0.29, 0.717) is 11.9 Å². The fourth-order valence-electron chi connectivity index (χ4n) is 1.93. The summed E-state index contributed by atoms with van der Waals surface area (Å²) in [6.07, 6.45) is 4.65. The lowest BCUT2D eigenvalue weighted by molar-refractivity contribution is -0.383. The van der Waals surface area contributed by atoms with Gasteiger partial charge in [-0.2, -0.15) is 0 Å². The van der Waals surface area contributed by atoms with Gasteiger partial charge in [-0.25, -0.2) is 9.97 Å². The predicted octanol–water partition coefficient (Wildman–Crippen LogP) is 1.42. The second kappa shape index (κ2) is 4.52. The highest BCUT2D eigenvalue weighted by Gasteiger charge is 2.30. The topological polar surface area (TPSA) is 84.2 Å². The molecule has 1 N–H and O–H groups in total. The Morgan fingerprint density at radius 1 is 1.53 bits per heavy atom. The molecule has 7 nitrogen and oxygen atoms in total. The third-order valence-corrected chi connectivity index (χ3v) is 3.18. The van der Waals surface area contributed by atoms with E-state index in [2.05, 4.69) is 15.3 Å². The summed E-state index contributed by atoms with van der Waals surface area (Å²) in [5.74, 6) is 0.644. The first-order valence-electron chi connectivity index (χ1n) is 5.55. The van der Waals surface area contributed by atoms with Gasteiger partial charge in [0.15, 0.2) is 0 Å². The van der Waals surface area contributed by atoms with Crippen molar-refractivity contribution in [3.05, 3.63) is 16.4 Å². The van der Waals surface area contributed by atoms with Crippen molar-refractivity contribution in [1.82, 2.24) is 9.97 Å². The number of aromatic nitrogens is 2. The number of rotatable bonds is 4. The molecule has 0 bridgehead atoms. The SMILES string of the molecule is CNc1ncnc(N(C)C2CCC2)c1[N+](=O)[O-]. The summed E-state index contributed by atoms with van der Waals surface area (Å²) < 4.78 is 0. The molecule has 0 unspecified atom stereocenters. The number of nitrogens with one attached hydrogen (secondary N) is 1. The van der Waals surface area contributed by atoms with Crippen LogP contribution in [0.4, 0.5) is 17.3 Å². The van der Waals surface area contributed by atoms with E-state index in [1.165, 1.54) is 12.7 Å². The lowest BCUT2D eigenvalue weighted by atomic mass is 9.92. The lowest BCUT2D eigenvalue weighted by Crippen LogP contribution is -2.38. The van der Waals surface area contributed by atoms with Gasteiger partial charge in [-0.15, -0.1) is 0 Å². The van der Waals surface area contributed by atoms with E-state index >= 15 is 0 Å². The summed E-state index contributed by atoms with van der Waals surface area (Å²) in [7, 11) is 3.46. The van der Waals surface area contributed by atoms with Crippen LogP contribution in [0, 0.1) is 10.1 Å². The van der Waals surface area contributed by atoms with Crippen LogP contribution in [0.5, 0.6) is 0 Å². The zero-order valence-corrected chi connectivity index (χ0v) is 9.88. The fraction of sp³-hybridized carbons (Fsp3) is 0.600. The van der Waals surface area contributed by atoms with Gasteiger partial charge >= 0.3 is 5.69 Å². The van der Waals surface area contributed by atoms with Gasteiger partial charge in [0.2, 0.25) is 11.6 Å². The number of hydrogen-bond acceptors (Lipinski definition) is 6. The van der Waals surface area contributed by atoms with Crippen molar-refractivity contribution < 1.29 is 4.92 Å². The molecule has 1 heterocycles. The van der Waals surface area contributed by atoms with E-state index in [0.717, 1.165) is 12.8 Å². The molecule has 0 atom stereocenters. The Balaban J connectivity index is 2.40. The van der Waals surface area contributed by atoms with Gasteiger partial charge in [-0.3, -0.25) is 10.1 Å². The molecule has 0 spiro atoms. The van der Waals surface area contributed by atoms with Gasteiger partial charge in [0, 0.05) is 20.1 Å². The van der Waals surface area contributed by atoms with Gasteiger partial charge in [0.25, 0.3) is 0 Å². The summed E-state index contributed by atoms with van der Waals surface area (Å²) in [4.78, 5) is 20.5. The van der Waals surface area contributed by atoms with Crippen LogP contribution in [0.3, 0.4) is 0 Å². The van der Waals surface area contributed by atoms with Crippen molar-refractivity contribution in [2.75, 3.05) is 24.3 Å². The van der Waals surface area contributed by atoms with Gasteiger partial charge in [-0.1, -0.05) is 0 Å². The molecule has 17 heavy (non-hydrogen) atoms. The molecule has 1 fully saturated rings. The molecule has 1 aliphatic rings. The van der Waals surface area contributed by atoms with Crippen LogP contribution in [0.25, 0.3) is 0 Å². The maximum Gasteiger partial charge on any atom is 0.353 e. The second-order valence-electron chi connectivity index (χ2n) is 4.10. The van der Waals surface area contributed by atoms with Crippen LogP contribution < -0.4 is 10.2 Å². The van der Waals surface area contributed by atoms with Gasteiger partial charge in [0.05, 0.1) is 4.92 Å². The number of nitro groups is 1. The van der Waals surface area contributed by atoms with Crippen molar-refractivity contribution >= 4 is 17.3 Å². The minimum atomic E-state index is -0.434. The Labute approximate surface area is 99.0 Å². The minimum absolute atomic E-state index is 0.0515. The molecule has 0 aromatic carbocycles. The Bertz CT molecular complexity index is 433. The zero-order chi connectivity index (χ0) is 12.4. The summed E-state index contributed by atoms with van der Waals surface area (Å²) in [6.45, 7) is 0. The third kappa shape index (κ3) is 2.00. The Morgan fingerprint density at radius 2 is 2.24 bits per heavy atom. The smallest absolute Gasteiger partial charge is 0.353 e. The molecular formula is C10H15N5O2. The molecule has 92 valence electrons. The first-order valence-corrected chi connectivity index (χ1v) is 5.55. The molecule has 0 radical (unpaired) electrons. The first kappa shape index (κ1) is 11.6. The predicted molar refractivity (Wildman–Crippen MR) is 64.3 cm³/mol. The van der Waals surface area contributed by atoms with Gasteiger partial charge in [0.1, 0.15) is 6.33 Å². The Hall–Kier alpha value is -1.92. The molecule has 7 heteroatoms. The maximum atomic E-state index is 11.1. The van der Waals surface area contributed by atoms with Crippen molar-refractivity contribution in [3.63, 3.8) is 0 Å². The fourth-order valence-corrected chi connectivity index (χ4v) is 1.93. The number of anilines is 2. The summed E-state index contributed by atoms with van der Waals surface area (Å²) in [6, 6.07) is 0.355. The molecule has 1 aliphatic carbocycles. The van der Waals surface area contributed by atoms with E-state index in [4.69, 9.17) is 0 Å². The van der Waals surface area contributed by atoms with Gasteiger partial charge in [-0.05, 0) is 19.3 Å². The van der Waals surface area contributed by atoms with E-state index in [1.807, 2.05) is 11.9 Å². The lowest BCUT2D eigenvalue weighted by Gasteiger charge is -2.35. The van der Waals surface area contributed by atoms with Crippen LogP contribution in [0.2, 0.25) is 0 Å². The molecule has 0 saturated heterocycles. The molecular weight excluding hydrogens is 222 g/mol. The second-order valence-corrected chi connectivity index (χ2v) is 4.10. The van der Waals surface area contributed by atoms with E-state index in [9.17, 15) is 10.1 Å². The molecule has 1 aromatic heterocycles. The average molecular weight is 237 g/mol. The monoisotopic (exact) mass is 237 g/mol. The highest BCUT2D eigenvalue weighted by Crippen LogP contribution is 2.35. The zero-order valence-electron chi connectivity index (χ0n) is 9.88. The van der Waals surface area contributed by atoms with E-state index in [1.54, 1.807) is 7.05 Å². The van der Waals surface area contributed by atoms with Crippen molar-refractivity contribution in [2.24, 2.45) is 0 Å². The largest absolute Gasteiger partial charge is 0.367 e. The minimum Gasteiger partial charge on any atom is -0.367 e. The first-order chi connectivity index (χ1) is 8.15. The molecule has 0 amide bonds. The van der Waals surface area contributed by atoms with Crippen LogP contribution in [-0.2, 0) is 0 Å². The number of nitrogens with zero attached hydrogens (tertiary/aromatic N) is 4. The maximum absolute atomic E-state index is 11.1. The van der Waals surface area contributed by atoms with Crippen LogP contribution in [0.15, 0.2) is 6.33 Å². The van der Waals surface area contributed by atoms with Crippen LogP contribution in [-0.4, -0.2) is 35.0 Å². The quantitative estimate of drug-likeness (QED) is 0.629. The summed E-state index contributed by atoms with van der Waals surface area (Å²) in [5.41, 5.74) is -0.0515. The molecule has 2 rings (SSSR count). The Morgan fingerprint density at radius 3 is 2.71 bits per heavy atom. The Kier molecular flexibility index (Phi) is 3.08. The van der Waals surface area contributed by atoms with Crippen LogP contribution >= 0.6 is 0 Å². The van der Waals surface area contributed by atoms with Crippen molar-refractivity contribution in [1.29, 1.82) is 0 Å². The normalized spacial score (nSPS) is 15.2. The molecule has 1 aromatic rings. The molecule has 1 saturated carbocycles. The van der Waals surface area contributed by atoms with Crippen molar-refractivity contribution in [2.45, 2.75) is 25.3 Å². The summed E-state index contributed by atoms with van der Waals surface area (Å²) >= 11 is 0. The highest BCUT2D eigenvalue weighted by molar-refractivity contribution is 5.70. The van der Waals surface area contributed by atoms with Gasteiger partial charge < -0.3 is 10.2 Å². The van der Waals surface area contributed by atoms with Crippen LogP contribution in [0.1, 0.15) is 19.3 Å². The molecule has 0 aliphatic heterocycles. The highest BCUT2D eigenvalue weighted by atomic mass is 16.6. The number of hydrogen-bond donors (Lipinski definition) is 1. The van der Waals surface area contributed by atoms with Crippen molar-refractivity contribution in [3.8, 4) is 0 Å². The third-order valence-electron chi connectivity index (χ3n) is 3.18.